The van der Waals surface area contributed by atoms with Crippen LogP contribution in [0.15, 0.2) is 65.6 Å². The van der Waals surface area contributed by atoms with Crippen molar-refractivity contribution in [3.05, 3.63) is 93.5 Å². The summed E-state index contributed by atoms with van der Waals surface area (Å²) in [5.74, 6) is -2.77. The van der Waals surface area contributed by atoms with E-state index in [4.69, 9.17) is 0 Å². The molecule has 31 heavy (non-hydrogen) atoms. The van der Waals surface area contributed by atoms with E-state index in [9.17, 15) is 32.1 Å². The quantitative estimate of drug-likeness (QED) is 0.433. The molecule has 0 bridgehead atoms. The van der Waals surface area contributed by atoms with Crippen LogP contribution >= 0.6 is 0 Å². The molecule has 0 saturated carbocycles. The maximum absolute atomic E-state index is 14.5. The van der Waals surface area contributed by atoms with Crippen molar-refractivity contribution >= 4 is 33.0 Å². The van der Waals surface area contributed by atoms with Crippen molar-refractivity contribution in [3.8, 4) is 0 Å². The van der Waals surface area contributed by atoms with E-state index in [0.29, 0.717) is 6.07 Å². The zero-order valence-corrected chi connectivity index (χ0v) is 16.7. The number of carbonyl (C=O) groups is 1. The highest BCUT2D eigenvalue weighted by molar-refractivity contribution is 7.92. The minimum Gasteiger partial charge on any atom is -0.319 e. The summed E-state index contributed by atoms with van der Waals surface area (Å²) in [6.45, 7) is 1.37. The van der Waals surface area contributed by atoms with Gasteiger partial charge in [-0.2, -0.15) is 0 Å². The van der Waals surface area contributed by atoms with E-state index >= 15 is 0 Å². The molecule has 0 saturated heterocycles. The normalized spacial score (nSPS) is 11.1. The van der Waals surface area contributed by atoms with Crippen LogP contribution in [0.5, 0.6) is 0 Å². The lowest BCUT2D eigenvalue weighted by Gasteiger charge is -2.12. The van der Waals surface area contributed by atoms with E-state index in [1.165, 1.54) is 43.3 Å². The van der Waals surface area contributed by atoms with Crippen LogP contribution in [-0.4, -0.2) is 19.2 Å². The number of nitrogens with zero attached hydrogens (tertiary/aromatic N) is 1. The predicted octanol–water partition coefficient (Wildman–Crippen LogP) is 4.23. The van der Waals surface area contributed by atoms with E-state index in [2.05, 4.69) is 10.0 Å². The third-order valence-electron chi connectivity index (χ3n) is 4.36. The number of rotatable bonds is 6. The summed E-state index contributed by atoms with van der Waals surface area (Å²) in [4.78, 5) is 22.0. The molecule has 0 unspecified atom stereocenters. The van der Waals surface area contributed by atoms with Gasteiger partial charge in [0.05, 0.1) is 32.3 Å². The number of sulfonamides is 1. The van der Waals surface area contributed by atoms with Gasteiger partial charge in [0.15, 0.2) is 0 Å². The number of nitro benzene ring substituents is 1. The molecule has 11 heteroatoms. The molecule has 0 heterocycles. The first-order valence-corrected chi connectivity index (χ1v) is 10.2. The Morgan fingerprint density at radius 1 is 0.968 bits per heavy atom. The summed E-state index contributed by atoms with van der Waals surface area (Å²) in [5.41, 5.74) is -0.880. The zero-order chi connectivity index (χ0) is 22.8. The fraction of sp³-hybridized carbons (Fsp3) is 0.0500. The third-order valence-corrected chi connectivity index (χ3v) is 5.73. The average Bonchev–Trinajstić information content (AvgIpc) is 2.71. The molecule has 0 aliphatic rings. The van der Waals surface area contributed by atoms with Gasteiger partial charge in [0.25, 0.3) is 21.6 Å². The van der Waals surface area contributed by atoms with Gasteiger partial charge in [0, 0.05) is 6.07 Å². The SMILES string of the molecule is Cc1c(NS(=O)(=O)c2ccc(NC(=O)c3ccccc3F)c(F)c2)cccc1[N+](=O)[O-]. The molecule has 0 radical (unpaired) electrons. The van der Waals surface area contributed by atoms with E-state index in [0.717, 1.165) is 18.2 Å². The Kier molecular flexibility index (Phi) is 5.97. The van der Waals surface area contributed by atoms with E-state index < -0.39 is 37.4 Å². The van der Waals surface area contributed by atoms with Gasteiger partial charge in [-0.15, -0.1) is 0 Å². The summed E-state index contributed by atoms with van der Waals surface area (Å²) in [7, 11) is -4.29. The third kappa shape index (κ3) is 4.67. The van der Waals surface area contributed by atoms with Crippen molar-refractivity contribution < 1.29 is 26.9 Å². The molecule has 160 valence electrons. The maximum atomic E-state index is 14.5. The molecular formula is C20H15F2N3O5S. The molecule has 1 amide bonds. The number of nitro groups is 1. The molecule has 3 aromatic carbocycles. The highest BCUT2D eigenvalue weighted by Gasteiger charge is 2.21. The molecule has 8 nitrogen and oxygen atoms in total. The molecule has 3 aromatic rings. The average molecular weight is 447 g/mol. The highest BCUT2D eigenvalue weighted by atomic mass is 32.2. The Labute approximate surface area is 175 Å². The molecular weight excluding hydrogens is 432 g/mol. The van der Waals surface area contributed by atoms with Crippen molar-refractivity contribution in [2.45, 2.75) is 11.8 Å². The highest BCUT2D eigenvalue weighted by Crippen LogP contribution is 2.28. The first kappa shape index (κ1) is 21.8. The molecule has 3 rings (SSSR count). The van der Waals surface area contributed by atoms with Crippen LogP contribution in [0.2, 0.25) is 0 Å². The van der Waals surface area contributed by atoms with Gasteiger partial charge in [-0.25, -0.2) is 17.2 Å². The van der Waals surface area contributed by atoms with Crippen LogP contribution < -0.4 is 10.0 Å². The number of amides is 1. The van der Waals surface area contributed by atoms with Crippen LogP contribution in [0.3, 0.4) is 0 Å². The van der Waals surface area contributed by atoms with Crippen molar-refractivity contribution in [1.29, 1.82) is 0 Å². The van der Waals surface area contributed by atoms with Gasteiger partial charge in [-0.05, 0) is 43.3 Å². The molecule has 0 fully saturated rings. The fourth-order valence-corrected chi connectivity index (χ4v) is 3.87. The maximum Gasteiger partial charge on any atom is 0.274 e. The largest absolute Gasteiger partial charge is 0.319 e. The molecule has 0 aliphatic heterocycles. The lowest BCUT2D eigenvalue weighted by molar-refractivity contribution is -0.385. The Bertz CT molecular complexity index is 1300. The zero-order valence-electron chi connectivity index (χ0n) is 15.9. The topological polar surface area (TPSA) is 118 Å². The summed E-state index contributed by atoms with van der Waals surface area (Å²) in [5, 5.41) is 13.2. The lowest BCUT2D eigenvalue weighted by atomic mass is 10.2. The van der Waals surface area contributed by atoms with Gasteiger partial charge in [-0.3, -0.25) is 19.6 Å². The van der Waals surface area contributed by atoms with Gasteiger partial charge in [0.1, 0.15) is 11.6 Å². The number of nitrogens with one attached hydrogen (secondary N) is 2. The second-order valence-electron chi connectivity index (χ2n) is 6.39. The van der Waals surface area contributed by atoms with Gasteiger partial charge in [0.2, 0.25) is 0 Å². The number of carbonyl (C=O) groups excluding carboxylic acids is 1. The minimum absolute atomic E-state index is 0.0356. The summed E-state index contributed by atoms with van der Waals surface area (Å²) in [6.07, 6.45) is 0. The second-order valence-corrected chi connectivity index (χ2v) is 8.07. The van der Waals surface area contributed by atoms with Gasteiger partial charge >= 0.3 is 0 Å². The van der Waals surface area contributed by atoms with Crippen molar-refractivity contribution in [3.63, 3.8) is 0 Å². The van der Waals surface area contributed by atoms with E-state index in [1.807, 2.05) is 0 Å². The monoisotopic (exact) mass is 447 g/mol. The number of hydrogen-bond acceptors (Lipinski definition) is 5. The van der Waals surface area contributed by atoms with E-state index in [-0.39, 0.29) is 28.2 Å². The molecule has 0 spiro atoms. The first-order valence-electron chi connectivity index (χ1n) is 8.72. The molecule has 0 aliphatic carbocycles. The number of anilines is 2. The van der Waals surface area contributed by atoms with Crippen molar-refractivity contribution in [1.82, 2.24) is 0 Å². The Balaban J connectivity index is 1.85. The second kappa shape index (κ2) is 8.48. The summed E-state index contributed by atoms with van der Waals surface area (Å²) < 4.78 is 55.5. The van der Waals surface area contributed by atoms with Crippen LogP contribution in [0, 0.1) is 28.7 Å². The Hall–Kier alpha value is -3.86. The molecule has 0 atom stereocenters. The number of hydrogen-bond donors (Lipinski definition) is 2. The van der Waals surface area contributed by atoms with Gasteiger partial charge in [-0.1, -0.05) is 18.2 Å². The van der Waals surface area contributed by atoms with Crippen LogP contribution in [-0.2, 0) is 10.0 Å². The molecule has 2 N–H and O–H groups in total. The summed E-state index contributed by atoms with van der Waals surface area (Å²) >= 11 is 0. The first-order chi connectivity index (χ1) is 14.6. The summed E-state index contributed by atoms with van der Waals surface area (Å²) in [6, 6.07) is 11.7. The fourth-order valence-electron chi connectivity index (χ4n) is 2.73. The van der Waals surface area contributed by atoms with Crippen LogP contribution in [0.1, 0.15) is 15.9 Å². The van der Waals surface area contributed by atoms with Crippen LogP contribution in [0.25, 0.3) is 0 Å². The Morgan fingerprint density at radius 2 is 1.68 bits per heavy atom. The molecule has 0 aromatic heterocycles. The van der Waals surface area contributed by atoms with E-state index in [1.54, 1.807) is 0 Å². The Morgan fingerprint density at radius 3 is 2.32 bits per heavy atom. The van der Waals surface area contributed by atoms with Crippen molar-refractivity contribution in [2.75, 3.05) is 10.0 Å². The standard InChI is InChI=1S/C20H15F2N3O5S/c1-12-17(7-4-8-19(12)25(27)28)24-31(29,30)13-9-10-18(16(22)11-13)23-20(26)14-5-2-3-6-15(14)21/h2-11,24H,1H3,(H,23,26). The number of halogens is 2. The minimum atomic E-state index is -4.29. The van der Waals surface area contributed by atoms with Crippen LogP contribution in [0.4, 0.5) is 25.8 Å². The predicted molar refractivity (Wildman–Crippen MR) is 109 cm³/mol. The lowest BCUT2D eigenvalue weighted by Crippen LogP contribution is -2.16. The smallest absolute Gasteiger partial charge is 0.274 e. The van der Waals surface area contributed by atoms with Crippen molar-refractivity contribution in [2.24, 2.45) is 0 Å². The number of benzene rings is 3. The van der Waals surface area contributed by atoms with Gasteiger partial charge < -0.3 is 5.32 Å².